The number of para-hydroxylation sites is 1. The molecular weight excluding hydrogens is 260 g/mol. The van der Waals surface area contributed by atoms with Gasteiger partial charge in [-0.2, -0.15) is 0 Å². The second-order valence-electron chi connectivity index (χ2n) is 5.73. The lowest BCUT2D eigenvalue weighted by atomic mass is 9.85. The van der Waals surface area contributed by atoms with E-state index < -0.39 is 0 Å². The van der Waals surface area contributed by atoms with E-state index in [-0.39, 0.29) is 5.41 Å². The topological polar surface area (TPSA) is 50.7 Å². The molecule has 2 aromatic carbocycles. The van der Waals surface area contributed by atoms with Crippen LogP contribution in [0.2, 0.25) is 0 Å². The molecule has 0 spiro atoms. The number of fused-ring (bicyclic) bond motifs is 1. The Hall–Kier alpha value is -2.49. The highest BCUT2D eigenvalue weighted by molar-refractivity contribution is 5.74. The standard InChI is InChI=1S/C17H18N4/c1-17(2,13-8-4-3-5-9-13)12-18-16-19-14-10-6-7-11-15(14)20-21-16/h3-11H,12H2,1-2H3,(H,18,19,21). The fourth-order valence-corrected chi connectivity index (χ4v) is 2.25. The monoisotopic (exact) mass is 278 g/mol. The predicted molar refractivity (Wildman–Crippen MR) is 85.3 cm³/mol. The van der Waals surface area contributed by atoms with Gasteiger partial charge in [0.2, 0.25) is 5.95 Å². The van der Waals surface area contributed by atoms with Crippen molar-refractivity contribution in [3.63, 3.8) is 0 Å². The van der Waals surface area contributed by atoms with E-state index in [4.69, 9.17) is 0 Å². The van der Waals surface area contributed by atoms with Gasteiger partial charge in [-0.05, 0) is 17.7 Å². The second kappa shape index (κ2) is 5.48. The van der Waals surface area contributed by atoms with Crippen molar-refractivity contribution in [1.29, 1.82) is 0 Å². The predicted octanol–water partition coefficient (Wildman–Crippen LogP) is 3.41. The van der Waals surface area contributed by atoms with Gasteiger partial charge in [-0.1, -0.05) is 56.3 Å². The van der Waals surface area contributed by atoms with E-state index in [2.05, 4.69) is 58.6 Å². The maximum absolute atomic E-state index is 4.49. The summed E-state index contributed by atoms with van der Waals surface area (Å²) >= 11 is 0. The Bertz CT molecular complexity index is 738. The highest BCUT2D eigenvalue weighted by Crippen LogP contribution is 2.23. The van der Waals surface area contributed by atoms with E-state index in [1.165, 1.54) is 5.56 Å². The number of hydrogen-bond acceptors (Lipinski definition) is 4. The maximum Gasteiger partial charge on any atom is 0.243 e. The van der Waals surface area contributed by atoms with Crippen LogP contribution in [0.4, 0.5) is 5.95 Å². The minimum Gasteiger partial charge on any atom is -0.352 e. The Labute approximate surface area is 124 Å². The highest BCUT2D eigenvalue weighted by atomic mass is 15.2. The molecule has 0 saturated heterocycles. The zero-order chi connectivity index (χ0) is 14.7. The summed E-state index contributed by atoms with van der Waals surface area (Å²) in [6.07, 6.45) is 0. The summed E-state index contributed by atoms with van der Waals surface area (Å²) in [5, 5.41) is 11.6. The molecular formula is C17H18N4. The number of rotatable bonds is 4. The van der Waals surface area contributed by atoms with E-state index in [1.54, 1.807) is 0 Å². The zero-order valence-electron chi connectivity index (χ0n) is 12.2. The highest BCUT2D eigenvalue weighted by Gasteiger charge is 2.20. The van der Waals surface area contributed by atoms with Crippen molar-refractivity contribution >= 4 is 17.0 Å². The van der Waals surface area contributed by atoms with Crippen LogP contribution in [0.1, 0.15) is 19.4 Å². The molecule has 4 nitrogen and oxygen atoms in total. The van der Waals surface area contributed by atoms with Crippen molar-refractivity contribution in [3.8, 4) is 0 Å². The van der Waals surface area contributed by atoms with Crippen LogP contribution in [0.3, 0.4) is 0 Å². The van der Waals surface area contributed by atoms with Gasteiger partial charge >= 0.3 is 0 Å². The Kier molecular flexibility index (Phi) is 3.52. The second-order valence-corrected chi connectivity index (χ2v) is 5.73. The van der Waals surface area contributed by atoms with E-state index >= 15 is 0 Å². The van der Waals surface area contributed by atoms with Gasteiger partial charge < -0.3 is 5.32 Å². The van der Waals surface area contributed by atoms with Crippen LogP contribution in [0, 0.1) is 0 Å². The quantitative estimate of drug-likeness (QED) is 0.794. The molecule has 0 aliphatic rings. The van der Waals surface area contributed by atoms with Gasteiger partial charge in [0.15, 0.2) is 0 Å². The third kappa shape index (κ3) is 2.99. The molecule has 0 saturated carbocycles. The molecule has 1 aromatic heterocycles. The Morgan fingerprint density at radius 1 is 0.857 bits per heavy atom. The van der Waals surface area contributed by atoms with Crippen molar-refractivity contribution in [1.82, 2.24) is 15.2 Å². The third-order valence-electron chi connectivity index (χ3n) is 3.60. The first-order valence-corrected chi connectivity index (χ1v) is 7.04. The average Bonchev–Trinajstić information content (AvgIpc) is 2.54. The average molecular weight is 278 g/mol. The normalized spacial score (nSPS) is 11.5. The van der Waals surface area contributed by atoms with Crippen molar-refractivity contribution < 1.29 is 0 Å². The number of nitrogens with one attached hydrogen (secondary N) is 1. The van der Waals surface area contributed by atoms with Gasteiger partial charge in [0.05, 0.1) is 5.52 Å². The van der Waals surface area contributed by atoms with Crippen LogP contribution in [0.5, 0.6) is 0 Å². The van der Waals surface area contributed by atoms with Crippen molar-refractivity contribution in [2.45, 2.75) is 19.3 Å². The summed E-state index contributed by atoms with van der Waals surface area (Å²) in [5.41, 5.74) is 2.94. The Balaban J connectivity index is 1.77. The van der Waals surface area contributed by atoms with Gasteiger partial charge in [0.1, 0.15) is 5.52 Å². The van der Waals surface area contributed by atoms with Gasteiger partial charge in [0, 0.05) is 12.0 Å². The van der Waals surface area contributed by atoms with Gasteiger partial charge in [-0.3, -0.25) is 0 Å². The largest absolute Gasteiger partial charge is 0.352 e. The lowest BCUT2D eigenvalue weighted by molar-refractivity contribution is 0.554. The van der Waals surface area contributed by atoms with Gasteiger partial charge in [-0.25, -0.2) is 4.98 Å². The van der Waals surface area contributed by atoms with Crippen LogP contribution < -0.4 is 5.32 Å². The van der Waals surface area contributed by atoms with Crippen LogP contribution >= 0.6 is 0 Å². The van der Waals surface area contributed by atoms with Crippen molar-refractivity contribution in [2.24, 2.45) is 0 Å². The fourth-order valence-electron chi connectivity index (χ4n) is 2.25. The van der Waals surface area contributed by atoms with Crippen LogP contribution in [0.25, 0.3) is 11.0 Å². The summed E-state index contributed by atoms with van der Waals surface area (Å²) < 4.78 is 0. The Morgan fingerprint density at radius 3 is 2.29 bits per heavy atom. The molecule has 0 unspecified atom stereocenters. The molecule has 1 heterocycles. The fraction of sp³-hybridized carbons (Fsp3) is 0.235. The molecule has 0 amide bonds. The van der Waals surface area contributed by atoms with Crippen LogP contribution in [-0.2, 0) is 5.41 Å². The molecule has 0 radical (unpaired) electrons. The molecule has 0 atom stereocenters. The molecule has 0 bridgehead atoms. The molecule has 1 N–H and O–H groups in total. The van der Waals surface area contributed by atoms with Crippen LogP contribution in [-0.4, -0.2) is 21.7 Å². The number of hydrogen-bond donors (Lipinski definition) is 1. The smallest absolute Gasteiger partial charge is 0.243 e. The van der Waals surface area contributed by atoms with E-state index in [9.17, 15) is 0 Å². The molecule has 0 aliphatic heterocycles. The summed E-state index contributed by atoms with van der Waals surface area (Å²) in [4.78, 5) is 4.49. The zero-order valence-corrected chi connectivity index (χ0v) is 12.2. The molecule has 21 heavy (non-hydrogen) atoms. The first-order valence-electron chi connectivity index (χ1n) is 7.04. The number of aromatic nitrogens is 3. The van der Waals surface area contributed by atoms with Gasteiger partial charge in [0.25, 0.3) is 0 Å². The number of benzene rings is 2. The molecule has 0 fully saturated rings. The molecule has 3 aromatic rings. The van der Waals surface area contributed by atoms with E-state index in [1.807, 2.05) is 30.3 Å². The first-order chi connectivity index (χ1) is 10.1. The first kappa shape index (κ1) is 13.5. The summed E-state index contributed by atoms with van der Waals surface area (Å²) in [6.45, 7) is 5.14. The summed E-state index contributed by atoms with van der Waals surface area (Å²) in [7, 11) is 0. The molecule has 3 rings (SSSR count). The molecule has 106 valence electrons. The Morgan fingerprint density at radius 2 is 1.52 bits per heavy atom. The third-order valence-corrected chi connectivity index (χ3v) is 3.60. The van der Waals surface area contributed by atoms with Gasteiger partial charge in [-0.15, -0.1) is 10.2 Å². The number of nitrogens with zero attached hydrogens (tertiary/aromatic N) is 3. The SMILES string of the molecule is CC(C)(CNc1nnc2ccccc2n1)c1ccccc1. The summed E-state index contributed by atoms with van der Waals surface area (Å²) in [5.74, 6) is 0.567. The van der Waals surface area contributed by atoms with E-state index in [0.29, 0.717) is 5.95 Å². The van der Waals surface area contributed by atoms with E-state index in [0.717, 1.165) is 17.6 Å². The van der Waals surface area contributed by atoms with Crippen molar-refractivity contribution in [3.05, 3.63) is 60.2 Å². The summed E-state index contributed by atoms with van der Waals surface area (Å²) in [6, 6.07) is 18.2. The molecule has 4 heteroatoms. The lowest BCUT2D eigenvalue weighted by Gasteiger charge is -2.25. The number of anilines is 1. The van der Waals surface area contributed by atoms with Crippen LogP contribution in [0.15, 0.2) is 54.6 Å². The lowest BCUT2D eigenvalue weighted by Crippen LogP contribution is -2.28. The minimum absolute atomic E-state index is 0.00371. The minimum atomic E-state index is -0.00371. The maximum atomic E-state index is 4.49. The molecule has 0 aliphatic carbocycles. The van der Waals surface area contributed by atoms with Crippen molar-refractivity contribution in [2.75, 3.05) is 11.9 Å².